The lowest BCUT2D eigenvalue weighted by molar-refractivity contribution is -0.141. The van der Waals surface area contributed by atoms with Crippen molar-refractivity contribution < 1.29 is 19.5 Å². The molecule has 2 aliphatic heterocycles. The highest BCUT2D eigenvalue weighted by Crippen LogP contribution is 2.19. The van der Waals surface area contributed by atoms with Crippen molar-refractivity contribution in [2.45, 2.75) is 25.0 Å². The number of likely N-dealkylation sites (tertiary alicyclic amines) is 1. The Hall–Kier alpha value is -1.63. The van der Waals surface area contributed by atoms with E-state index in [9.17, 15) is 9.59 Å². The van der Waals surface area contributed by atoms with Crippen molar-refractivity contribution in [2.24, 2.45) is 5.16 Å². The van der Waals surface area contributed by atoms with Crippen molar-refractivity contribution in [3.63, 3.8) is 0 Å². The predicted molar refractivity (Wildman–Crippen MR) is 63.2 cm³/mol. The minimum Gasteiger partial charge on any atom is -0.477 e. The van der Waals surface area contributed by atoms with E-state index in [1.54, 1.807) is 4.90 Å². The fourth-order valence-corrected chi connectivity index (χ4v) is 2.20. The number of carbonyl (C=O) groups is 2. The third-order valence-electron chi connectivity index (χ3n) is 3.40. The molecule has 7 heteroatoms. The van der Waals surface area contributed by atoms with Gasteiger partial charge in [-0.2, -0.15) is 0 Å². The topological polar surface area (TPSA) is 82.4 Å². The van der Waals surface area contributed by atoms with Crippen molar-refractivity contribution in [3.05, 3.63) is 0 Å². The van der Waals surface area contributed by atoms with Crippen molar-refractivity contribution >= 4 is 17.6 Å². The van der Waals surface area contributed by atoms with Crippen LogP contribution in [0.2, 0.25) is 0 Å². The molecular weight excluding hydrogens is 238 g/mol. The molecule has 0 aromatic heterocycles. The molecule has 100 valence electrons. The normalized spacial score (nSPS) is 27.3. The smallest absolute Gasteiger partial charge is 0.353 e. The molecule has 2 aliphatic rings. The largest absolute Gasteiger partial charge is 0.477 e. The molecule has 1 fully saturated rings. The molecule has 2 heterocycles. The molecule has 1 saturated heterocycles. The Morgan fingerprint density at radius 1 is 1.50 bits per heavy atom. The van der Waals surface area contributed by atoms with E-state index in [4.69, 9.17) is 9.94 Å². The van der Waals surface area contributed by atoms with Crippen LogP contribution in [0, 0.1) is 0 Å². The summed E-state index contributed by atoms with van der Waals surface area (Å²) < 4.78 is 0. The van der Waals surface area contributed by atoms with Crippen LogP contribution in [0.1, 0.15) is 12.8 Å². The van der Waals surface area contributed by atoms with E-state index >= 15 is 0 Å². The zero-order valence-electron chi connectivity index (χ0n) is 10.5. The Morgan fingerprint density at radius 3 is 2.72 bits per heavy atom. The van der Waals surface area contributed by atoms with Gasteiger partial charge in [-0.15, -0.1) is 0 Å². The number of oxime groups is 1. The number of carbonyl (C=O) groups excluding carboxylic acids is 1. The van der Waals surface area contributed by atoms with Crippen LogP contribution in [0.4, 0.5) is 0 Å². The van der Waals surface area contributed by atoms with Gasteiger partial charge in [-0.3, -0.25) is 4.79 Å². The molecule has 0 spiro atoms. The van der Waals surface area contributed by atoms with Crippen molar-refractivity contribution in [2.75, 3.05) is 27.2 Å². The van der Waals surface area contributed by atoms with Gasteiger partial charge in [-0.05, 0) is 20.5 Å². The monoisotopic (exact) mass is 255 g/mol. The lowest BCUT2D eigenvalue weighted by Crippen LogP contribution is -2.40. The number of likely N-dealkylation sites (N-methyl/N-ethyl adjacent to an activating group) is 1. The fourth-order valence-electron chi connectivity index (χ4n) is 2.20. The number of hydrogen-bond acceptors (Lipinski definition) is 5. The van der Waals surface area contributed by atoms with E-state index in [0.717, 1.165) is 6.42 Å². The van der Waals surface area contributed by atoms with Crippen LogP contribution in [-0.2, 0) is 14.4 Å². The van der Waals surface area contributed by atoms with E-state index in [0.29, 0.717) is 19.1 Å². The third kappa shape index (κ3) is 2.45. The number of aliphatic carboxylic acids is 1. The number of amides is 1. The van der Waals surface area contributed by atoms with Gasteiger partial charge in [0.2, 0.25) is 6.10 Å². The molecule has 7 nitrogen and oxygen atoms in total. The first-order chi connectivity index (χ1) is 8.49. The minimum atomic E-state index is -1.13. The molecular formula is C11H17N3O4. The van der Waals surface area contributed by atoms with Gasteiger partial charge in [0.1, 0.15) is 0 Å². The second kappa shape index (κ2) is 4.93. The maximum absolute atomic E-state index is 12.1. The third-order valence-corrected chi connectivity index (χ3v) is 3.40. The SMILES string of the molecule is CN(C)C1CCN(C(=O)C2CC(C(=O)O)=NO2)C1. The molecule has 0 aromatic carbocycles. The van der Waals surface area contributed by atoms with Gasteiger partial charge < -0.3 is 19.7 Å². The molecule has 0 radical (unpaired) electrons. The van der Waals surface area contributed by atoms with Gasteiger partial charge in [0.25, 0.3) is 5.91 Å². The van der Waals surface area contributed by atoms with E-state index in [-0.39, 0.29) is 18.0 Å². The summed E-state index contributed by atoms with van der Waals surface area (Å²) in [6.45, 7) is 1.35. The van der Waals surface area contributed by atoms with Gasteiger partial charge in [0, 0.05) is 25.6 Å². The summed E-state index contributed by atoms with van der Waals surface area (Å²) in [4.78, 5) is 31.5. The number of hydrogen-bond donors (Lipinski definition) is 1. The molecule has 0 aliphatic carbocycles. The molecule has 1 N–H and O–H groups in total. The van der Waals surface area contributed by atoms with Crippen LogP contribution in [0.3, 0.4) is 0 Å². The van der Waals surface area contributed by atoms with Crippen LogP contribution >= 0.6 is 0 Å². The summed E-state index contributed by atoms with van der Waals surface area (Å²) in [5, 5.41) is 12.2. The highest BCUT2D eigenvalue weighted by atomic mass is 16.6. The summed E-state index contributed by atoms with van der Waals surface area (Å²) >= 11 is 0. The number of rotatable bonds is 3. The Labute approximate surface area is 105 Å². The molecule has 18 heavy (non-hydrogen) atoms. The van der Waals surface area contributed by atoms with Crippen LogP contribution in [0.15, 0.2) is 5.16 Å². The Balaban J connectivity index is 1.89. The summed E-state index contributed by atoms with van der Waals surface area (Å²) in [5.41, 5.74) is -0.0864. The highest BCUT2D eigenvalue weighted by molar-refractivity contribution is 6.36. The van der Waals surface area contributed by atoms with E-state index < -0.39 is 12.1 Å². The first-order valence-electron chi connectivity index (χ1n) is 5.90. The Bertz CT molecular complexity index is 394. The lowest BCUT2D eigenvalue weighted by atomic mass is 10.1. The average molecular weight is 255 g/mol. The van der Waals surface area contributed by atoms with Gasteiger partial charge in [-0.1, -0.05) is 5.16 Å². The summed E-state index contributed by atoms with van der Waals surface area (Å²) in [6, 6.07) is 0.357. The van der Waals surface area contributed by atoms with Crippen molar-refractivity contribution in [1.29, 1.82) is 0 Å². The average Bonchev–Trinajstić information content (AvgIpc) is 2.97. The Kier molecular flexibility index (Phi) is 3.51. The maximum atomic E-state index is 12.1. The van der Waals surface area contributed by atoms with E-state index in [1.165, 1.54) is 0 Å². The maximum Gasteiger partial charge on any atom is 0.353 e. The number of carboxylic acid groups (broad SMARTS) is 1. The van der Waals surface area contributed by atoms with Gasteiger partial charge >= 0.3 is 5.97 Å². The highest BCUT2D eigenvalue weighted by Gasteiger charge is 2.37. The van der Waals surface area contributed by atoms with Crippen molar-refractivity contribution in [3.8, 4) is 0 Å². The lowest BCUT2D eigenvalue weighted by Gasteiger charge is -2.21. The second-order valence-corrected chi connectivity index (χ2v) is 4.83. The summed E-state index contributed by atoms with van der Waals surface area (Å²) in [7, 11) is 3.96. The molecule has 0 saturated carbocycles. The van der Waals surface area contributed by atoms with Crippen LogP contribution in [0.25, 0.3) is 0 Å². The fraction of sp³-hybridized carbons (Fsp3) is 0.727. The standard InChI is InChI=1S/C11H17N3O4/c1-13(2)7-3-4-14(6-7)10(15)9-5-8(11(16)17)12-18-9/h7,9H,3-6H2,1-2H3,(H,16,17). The van der Waals surface area contributed by atoms with Gasteiger partial charge in [0.15, 0.2) is 5.71 Å². The predicted octanol–water partition coefficient (Wildman–Crippen LogP) is -0.622. The number of carboxylic acids is 1. The van der Waals surface area contributed by atoms with Gasteiger partial charge in [0.05, 0.1) is 0 Å². The van der Waals surface area contributed by atoms with Crippen molar-refractivity contribution in [1.82, 2.24) is 9.80 Å². The first kappa shape index (κ1) is 12.8. The van der Waals surface area contributed by atoms with Crippen LogP contribution in [0.5, 0.6) is 0 Å². The van der Waals surface area contributed by atoms with Crippen LogP contribution < -0.4 is 0 Å². The van der Waals surface area contributed by atoms with E-state index in [1.807, 2.05) is 14.1 Å². The first-order valence-corrected chi connectivity index (χ1v) is 5.90. The molecule has 2 rings (SSSR count). The Morgan fingerprint density at radius 2 is 2.22 bits per heavy atom. The molecule has 2 atom stereocenters. The second-order valence-electron chi connectivity index (χ2n) is 4.83. The zero-order chi connectivity index (χ0) is 13.3. The van der Waals surface area contributed by atoms with Crippen LogP contribution in [-0.4, -0.2) is 71.8 Å². The molecule has 2 unspecified atom stereocenters. The number of nitrogens with zero attached hydrogens (tertiary/aromatic N) is 3. The molecule has 1 amide bonds. The van der Waals surface area contributed by atoms with E-state index in [2.05, 4.69) is 10.1 Å². The molecule has 0 aromatic rings. The minimum absolute atomic E-state index is 0.0529. The van der Waals surface area contributed by atoms with Gasteiger partial charge in [-0.25, -0.2) is 4.79 Å². The summed E-state index contributed by atoms with van der Waals surface area (Å²) in [5.74, 6) is -1.29. The zero-order valence-corrected chi connectivity index (χ0v) is 10.5. The molecule has 0 bridgehead atoms. The summed E-state index contributed by atoms with van der Waals surface area (Å²) in [6.07, 6.45) is 0.215. The quantitative estimate of drug-likeness (QED) is 0.726.